The van der Waals surface area contributed by atoms with Crippen molar-refractivity contribution in [3.8, 4) is 0 Å². The fraction of sp³-hybridized carbons (Fsp3) is 0.581. The zero-order chi connectivity index (χ0) is 28.0. The molecule has 1 aliphatic carbocycles. The fourth-order valence-corrected chi connectivity index (χ4v) is 5.84. The van der Waals surface area contributed by atoms with Crippen molar-refractivity contribution < 1.29 is 24.5 Å². The summed E-state index contributed by atoms with van der Waals surface area (Å²) < 4.78 is 12.0. The van der Waals surface area contributed by atoms with Crippen LogP contribution >= 0.6 is 0 Å². The lowest BCUT2D eigenvalue weighted by Gasteiger charge is -2.44. The number of azide groups is 1. The van der Waals surface area contributed by atoms with Gasteiger partial charge in [-0.25, -0.2) is 0 Å². The molecule has 1 fully saturated rings. The Morgan fingerprint density at radius 3 is 2.33 bits per heavy atom. The zero-order valence-electron chi connectivity index (χ0n) is 23.1. The number of aliphatic hydroxyl groups excluding tert-OH is 2. The lowest BCUT2D eigenvalue weighted by atomic mass is 9.67. The highest BCUT2D eigenvalue weighted by Crippen LogP contribution is 2.43. The molecule has 7 atom stereocenters. The fourth-order valence-electron chi connectivity index (χ4n) is 5.84. The first kappa shape index (κ1) is 30.8. The number of hydrogen-bond donors (Lipinski definition) is 2. The van der Waals surface area contributed by atoms with E-state index in [1.54, 1.807) is 7.11 Å². The second-order valence-corrected chi connectivity index (χ2v) is 10.7. The van der Waals surface area contributed by atoms with E-state index >= 15 is 0 Å². The zero-order valence-corrected chi connectivity index (χ0v) is 23.1. The number of ether oxygens (including phenoxy) is 2. The van der Waals surface area contributed by atoms with Gasteiger partial charge in [0, 0.05) is 37.5 Å². The Balaban J connectivity index is 1.90. The summed E-state index contributed by atoms with van der Waals surface area (Å²) in [5.41, 5.74) is 10.3. The van der Waals surface area contributed by atoms with Crippen molar-refractivity contribution in [1.29, 1.82) is 0 Å². The van der Waals surface area contributed by atoms with Gasteiger partial charge in [-0.05, 0) is 67.0 Å². The first-order valence-corrected chi connectivity index (χ1v) is 14.1. The Kier molecular flexibility index (Phi) is 12.9. The van der Waals surface area contributed by atoms with Crippen LogP contribution in [0.5, 0.6) is 0 Å². The molecular weight excluding hydrogens is 494 g/mol. The van der Waals surface area contributed by atoms with Crippen LogP contribution in [0, 0.1) is 17.8 Å². The van der Waals surface area contributed by atoms with Crippen LogP contribution in [0.3, 0.4) is 0 Å². The molecule has 2 N–H and O–H groups in total. The minimum Gasteiger partial charge on any atom is -0.393 e. The third-order valence-electron chi connectivity index (χ3n) is 7.81. The van der Waals surface area contributed by atoms with Gasteiger partial charge in [-0.1, -0.05) is 72.7 Å². The van der Waals surface area contributed by atoms with Crippen molar-refractivity contribution in [1.82, 2.24) is 0 Å². The quantitative estimate of drug-likeness (QED) is 0.112. The molecule has 0 saturated heterocycles. The Hall–Kier alpha value is -2.74. The van der Waals surface area contributed by atoms with Crippen LogP contribution in [-0.2, 0) is 14.3 Å². The first-order valence-electron chi connectivity index (χ1n) is 14.1. The van der Waals surface area contributed by atoms with Crippen molar-refractivity contribution in [2.24, 2.45) is 22.9 Å². The standard InChI is InChI=1S/C31H43N3O5/c1-22-20-28(36)26(17-11-18-33-34-32)27(21-25(35)16-9-10-19-38-2)30(22)39-31(24-14-7-4-8-15-24)29(37)23-12-5-3-6-13-23/h3-8,12-15,22,25-27,29-31,35,37H,9-11,16-21H2,1-2H3/t22-,25?,26-,27-,29-,30+,31-/m0/s1. The summed E-state index contributed by atoms with van der Waals surface area (Å²) in [5.74, 6) is -0.441. The molecule has 2 aromatic carbocycles. The van der Waals surface area contributed by atoms with E-state index in [0.29, 0.717) is 45.3 Å². The van der Waals surface area contributed by atoms with Crippen molar-refractivity contribution in [2.45, 2.75) is 76.3 Å². The van der Waals surface area contributed by atoms with Gasteiger partial charge in [-0.15, -0.1) is 0 Å². The maximum atomic E-state index is 13.3. The number of Topliss-reactive ketones (excluding diaryl/α,β-unsaturated/α-hetero) is 1. The smallest absolute Gasteiger partial charge is 0.136 e. The summed E-state index contributed by atoms with van der Waals surface area (Å²) in [6, 6.07) is 19.2. The molecule has 0 spiro atoms. The number of ketones is 1. The van der Waals surface area contributed by atoms with Gasteiger partial charge in [-0.3, -0.25) is 4.79 Å². The molecule has 0 bridgehead atoms. The van der Waals surface area contributed by atoms with E-state index in [9.17, 15) is 15.0 Å². The van der Waals surface area contributed by atoms with Gasteiger partial charge in [0.25, 0.3) is 0 Å². The molecular formula is C31H43N3O5. The van der Waals surface area contributed by atoms with Crippen LogP contribution < -0.4 is 0 Å². The number of rotatable bonds is 16. The molecule has 0 radical (unpaired) electrons. The summed E-state index contributed by atoms with van der Waals surface area (Å²) in [6.45, 7) is 3.00. The van der Waals surface area contributed by atoms with Gasteiger partial charge in [0.15, 0.2) is 0 Å². The summed E-state index contributed by atoms with van der Waals surface area (Å²) in [4.78, 5) is 16.1. The Morgan fingerprint density at radius 1 is 1.03 bits per heavy atom. The molecule has 1 aliphatic rings. The van der Waals surface area contributed by atoms with E-state index in [1.807, 2.05) is 67.6 Å². The van der Waals surface area contributed by atoms with Gasteiger partial charge in [0.2, 0.25) is 0 Å². The van der Waals surface area contributed by atoms with Crippen molar-refractivity contribution >= 4 is 5.78 Å². The number of benzene rings is 2. The third kappa shape index (κ3) is 9.16. The second kappa shape index (κ2) is 16.4. The lowest BCUT2D eigenvalue weighted by molar-refractivity contribution is -0.160. The lowest BCUT2D eigenvalue weighted by Crippen LogP contribution is -2.47. The first-order chi connectivity index (χ1) is 19.0. The molecule has 8 nitrogen and oxygen atoms in total. The van der Waals surface area contributed by atoms with E-state index in [1.165, 1.54) is 0 Å². The highest BCUT2D eigenvalue weighted by atomic mass is 16.5. The van der Waals surface area contributed by atoms with Gasteiger partial charge < -0.3 is 19.7 Å². The number of hydrogen-bond acceptors (Lipinski definition) is 6. The Bertz CT molecular complexity index is 1030. The van der Waals surface area contributed by atoms with E-state index in [4.69, 9.17) is 15.0 Å². The minimum atomic E-state index is -0.901. The third-order valence-corrected chi connectivity index (χ3v) is 7.81. The number of unbranched alkanes of at least 4 members (excludes halogenated alkanes) is 1. The average Bonchev–Trinajstić information content (AvgIpc) is 2.95. The van der Waals surface area contributed by atoms with Crippen LogP contribution in [-0.4, -0.2) is 48.5 Å². The molecule has 1 saturated carbocycles. The molecule has 0 aromatic heterocycles. The summed E-state index contributed by atoms with van der Waals surface area (Å²) in [5, 5.41) is 26.2. The van der Waals surface area contributed by atoms with Crippen LogP contribution in [0.4, 0.5) is 0 Å². The predicted octanol–water partition coefficient (Wildman–Crippen LogP) is 6.35. The van der Waals surface area contributed by atoms with E-state index in [2.05, 4.69) is 10.0 Å². The van der Waals surface area contributed by atoms with Gasteiger partial charge in [-0.2, -0.15) is 0 Å². The van der Waals surface area contributed by atoms with Gasteiger partial charge in [0.1, 0.15) is 18.0 Å². The van der Waals surface area contributed by atoms with Crippen LogP contribution in [0.1, 0.15) is 75.2 Å². The highest BCUT2D eigenvalue weighted by molar-refractivity contribution is 5.82. The van der Waals surface area contributed by atoms with Crippen molar-refractivity contribution in [3.05, 3.63) is 82.2 Å². The predicted molar refractivity (Wildman–Crippen MR) is 151 cm³/mol. The van der Waals surface area contributed by atoms with Gasteiger partial charge >= 0.3 is 0 Å². The summed E-state index contributed by atoms with van der Waals surface area (Å²) in [7, 11) is 1.67. The van der Waals surface area contributed by atoms with Crippen LogP contribution in [0.25, 0.3) is 10.4 Å². The second-order valence-electron chi connectivity index (χ2n) is 10.7. The average molecular weight is 538 g/mol. The molecule has 2 aromatic rings. The van der Waals surface area contributed by atoms with E-state index < -0.39 is 18.3 Å². The van der Waals surface area contributed by atoms with Crippen LogP contribution in [0.2, 0.25) is 0 Å². The molecule has 0 aliphatic heterocycles. The Labute approximate surface area is 232 Å². The highest BCUT2D eigenvalue weighted by Gasteiger charge is 2.45. The number of carbonyl (C=O) groups is 1. The number of methoxy groups -OCH3 is 1. The van der Waals surface area contributed by atoms with E-state index in [0.717, 1.165) is 24.0 Å². The number of carbonyl (C=O) groups excluding carboxylic acids is 1. The number of nitrogens with zero attached hydrogens (tertiary/aromatic N) is 3. The van der Waals surface area contributed by atoms with Crippen molar-refractivity contribution in [3.63, 3.8) is 0 Å². The summed E-state index contributed by atoms with van der Waals surface area (Å²) in [6.07, 6.45) is 1.83. The molecule has 8 heteroatoms. The Morgan fingerprint density at radius 2 is 1.69 bits per heavy atom. The monoisotopic (exact) mass is 537 g/mol. The molecule has 212 valence electrons. The maximum Gasteiger partial charge on any atom is 0.136 e. The normalized spacial score (nSPS) is 23.5. The van der Waals surface area contributed by atoms with Crippen LogP contribution in [0.15, 0.2) is 65.8 Å². The van der Waals surface area contributed by atoms with Gasteiger partial charge in [0.05, 0.1) is 12.2 Å². The topological polar surface area (TPSA) is 125 Å². The minimum absolute atomic E-state index is 0.0780. The number of aliphatic hydroxyl groups is 2. The van der Waals surface area contributed by atoms with E-state index in [-0.39, 0.29) is 29.6 Å². The molecule has 0 amide bonds. The SMILES string of the molecule is COCCCCC(O)C[C@@H]1[C@H](O[C@@H](c2ccccc2)[C@@H](O)c2ccccc2)[C@@H](C)CC(=O)[C@H]1CCCN=[N+]=[N-]. The van der Waals surface area contributed by atoms with Crippen molar-refractivity contribution in [2.75, 3.05) is 20.3 Å². The molecule has 1 unspecified atom stereocenters. The molecule has 39 heavy (non-hydrogen) atoms. The molecule has 0 heterocycles. The largest absolute Gasteiger partial charge is 0.393 e. The molecule has 3 rings (SSSR count). The summed E-state index contributed by atoms with van der Waals surface area (Å²) >= 11 is 0. The maximum absolute atomic E-state index is 13.3.